The Bertz CT molecular complexity index is 839. The van der Waals surface area contributed by atoms with Gasteiger partial charge in [-0.05, 0) is 35.7 Å². The second kappa shape index (κ2) is 13.0. The largest absolute Gasteiger partial charge is 0.461 e. The SMILES string of the molecule is CC(=O)O[C@H](CCC=O)[C@H](CO[Si](C)(C)C(C)(C)C)N(Cc1ccccc1)Cc1ccccc1. The van der Waals surface area contributed by atoms with Gasteiger partial charge in [-0.3, -0.25) is 9.69 Å². The number of carbonyl (C=O) groups excluding carboxylic acids is 2. The van der Waals surface area contributed by atoms with Crippen molar-refractivity contribution >= 4 is 20.6 Å². The zero-order chi connectivity index (χ0) is 25.2. The van der Waals surface area contributed by atoms with E-state index in [-0.39, 0.29) is 17.0 Å². The van der Waals surface area contributed by atoms with Gasteiger partial charge in [0.15, 0.2) is 8.32 Å². The second-order valence-corrected chi connectivity index (χ2v) is 15.2. The van der Waals surface area contributed by atoms with Gasteiger partial charge in [0.25, 0.3) is 0 Å². The van der Waals surface area contributed by atoms with E-state index in [1.165, 1.54) is 18.1 Å². The van der Waals surface area contributed by atoms with Gasteiger partial charge in [0, 0.05) is 26.4 Å². The summed E-state index contributed by atoms with van der Waals surface area (Å²) in [5.74, 6) is -0.340. The summed E-state index contributed by atoms with van der Waals surface area (Å²) in [5.41, 5.74) is 2.35. The molecule has 0 aliphatic heterocycles. The van der Waals surface area contributed by atoms with Crippen LogP contribution >= 0.6 is 0 Å². The third-order valence-electron chi connectivity index (χ3n) is 6.66. The van der Waals surface area contributed by atoms with Crippen molar-refractivity contribution in [3.63, 3.8) is 0 Å². The number of aldehydes is 1. The molecule has 0 saturated heterocycles. The molecule has 0 saturated carbocycles. The highest BCUT2D eigenvalue weighted by Gasteiger charge is 2.39. The minimum atomic E-state index is -2.05. The minimum absolute atomic E-state index is 0.0565. The van der Waals surface area contributed by atoms with E-state index in [2.05, 4.69) is 63.0 Å². The monoisotopic (exact) mass is 483 g/mol. The highest BCUT2D eigenvalue weighted by molar-refractivity contribution is 6.74. The van der Waals surface area contributed by atoms with Gasteiger partial charge < -0.3 is 14.0 Å². The second-order valence-electron chi connectivity index (χ2n) is 10.4. The molecule has 0 heterocycles. The molecule has 0 aromatic heterocycles. The Balaban J connectivity index is 2.45. The maximum atomic E-state index is 12.1. The van der Waals surface area contributed by atoms with Gasteiger partial charge in [-0.25, -0.2) is 0 Å². The molecule has 0 bridgehead atoms. The molecule has 0 N–H and O–H groups in total. The lowest BCUT2D eigenvalue weighted by Crippen LogP contribution is -2.51. The lowest BCUT2D eigenvalue weighted by molar-refractivity contribution is -0.152. The number of esters is 1. The summed E-state index contributed by atoms with van der Waals surface area (Å²) in [7, 11) is -2.05. The lowest BCUT2D eigenvalue weighted by atomic mass is 10.0. The molecule has 0 fully saturated rings. The normalized spacial score (nSPS) is 14.0. The maximum absolute atomic E-state index is 12.1. The number of hydrogen-bond acceptors (Lipinski definition) is 5. The van der Waals surface area contributed by atoms with Crippen LogP contribution in [0.4, 0.5) is 0 Å². The van der Waals surface area contributed by atoms with E-state index in [9.17, 15) is 9.59 Å². The number of rotatable bonds is 13. The van der Waals surface area contributed by atoms with Crippen molar-refractivity contribution in [3.8, 4) is 0 Å². The highest BCUT2D eigenvalue weighted by Crippen LogP contribution is 2.37. The first kappa shape index (κ1) is 28.0. The minimum Gasteiger partial charge on any atom is -0.461 e. The van der Waals surface area contributed by atoms with E-state index in [1.807, 2.05) is 36.4 Å². The molecule has 2 rings (SSSR count). The molecular formula is C28H41NO4Si. The first-order chi connectivity index (χ1) is 16.0. The summed E-state index contributed by atoms with van der Waals surface area (Å²) < 4.78 is 12.5. The van der Waals surface area contributed by atoms with Crippen LogP contribution in [-0.4, -0.2) is 44.2 Å². The predicted molar refractivity (Wildman–Crippen MR) is 140 cm³/mol. The van der Waals surface area contributed by atoms with Crippen LogP contribution in [0.15, 0.2) is 60.7 Å². The van der Waals surface area contributed by atoms with E-state index < -0.39 is 14.4 Å². The topological polar surface area (TPSA) is 55.8 Å². The van der Waals surface area contributed by atoms with Crippen molar-refractivity contribution in [2.45, 2.75) is 83.9 Å². The number of ether oxygens (including phenoxy) is 1. The molecule has 0 amide bonds. The summed E-state index contributed by atoms with van der Waals surface area (Å²) >= 11 is 0. The maximum Gasteiger partial charge on any atom is 0.302 e. The van der Waals surface area contributed by atoms with Crippen LogP contribution < -0.4 is 0 Å². The van der Waals surface area contributed by atoms with Gasteiger partial charge in [0.2, 0.25) is 0 Å². The van der Waals surface area contributed by atoms with Crippen molar-refractivity contribution in [2.75, 3.05) is 6.61 Å². The smallest absolute Gasteiger partial charge is 0.302 e. The van der Waals surface area contributed by atoms with E-state index in [0.29, 0.717) is 32.5 Å². The zero-order valence-corrected chi connectivity index (χ0v) is 22.6. The van der Waals surface area contributed by atoms with E-state index in [4.69, 9.17) is 9.16 Å². The average molecular weight is 484 g/mol. The third kappa shape index (κ3) is 8.82. The van der Waals surface area contributed by atoms with Crippen LogP contribution in [0, 0.1) is 0 Å². The zero-order valence-electron chi connectivity index (χ0n) is 21.6. The molecule has 0 aliphatic carbocycles. The molecule has 34 heavy (non-hydrogen) atoms. The van der Waals surface area contributed by atoms with Crippen molar-refractivity contribution in [3.05, 3.63) is 71.8 Å². The number of carbonyl (C=O) groups is 2. The Kier molecular flexibility index (Phi) is 10.7. The van der Waals surface area contributed by atoms with Crippen molar-refractivity contribution in [2.24, 2.45) is 0 Å². The quantitative estimate of drug-likeness (QED) is 0.199. The summed E-state index contributed by atoms with van der Waals surface area (Å²) in [6, 6.07) is 20.4. The molecule has 0 unspecified atom stereocenters. The Morgan fingerprint density at radius 1 is 0.971 bits per heavy atom. The van der Waals surface area contributed by atoms with Gasteiger partial charge in [-0.1, -0.05) is 81.4 Å². The van der Waals surface area contributed by atoms with E-state index in [0.717, 1.165) is 6.29 Å². The van der Waals surface area contributed by atoms with E-state index in [1.54, 1.807) is 0 Å². The Morgan fingerprint density at radius 3 is 1.88 bits per heavy atom. The number of hydrogen-bond donors (Lipinski definition) is 0. The number of benzene rings is 2. The molecule has 186 valence electrons. The summed E-state index contributed by atoms with van der Waals surface area (Å²) in [5, 5.41) is 0.0565. The molecule has 2 aromatic carbocycles. The van der Waals surface area contributed by atoms with Crippen LogP contribution in [0.3, 0.4) is 0 Å². The fraction of sp³-hybridized carbons (Fsp3) is 0.500. The molecule has 5 nitrogen and oxygen atoms in total. The Hall–Kier alpha value is -2.28. The fourth-order valence-electron chi connectivity index (χ4n) is 3.66. The van der Waals surface area contributed by atoms with Crippen LogP contribution in [0.1, 0.15) is 51.7 Å². The summed E-state index contributed by atoms with van der Waals surface area (Å²) in [4.78, 5) is 25.6. The van der Waals surface area contributed by atoms with Crippen LogP contribution in [0.2, 0.25) is 18.1 Å². The first-order valence-electron chi connectivity index (χ1n) is 12.1. The third-order valence-corrected chi connectivity index (χ3v) is 11.2. The standard InChI is InChI=1S/C28H41NO4Si/c1-23(31)33-27(18-13-19-30)26(22-32-34(5,6)28(2,3)4)29(20-24-14-9-7-10-15-24)21-25-16-11-8-12-17-25/h7-12,14-17,19,26-27H,13,18,20-22H2,1-6H3/t26-,27+/m0/s1. The van der Waals surface area contributed by atoms with Gasteiger partial charge in [0.05, 0.1) is 12.6 Å². The van der Waals surface area contributed by atoms with Gasteiger partial charge in [-0.2, -0.15) is 0 Å². The van der Waals surface area contributed by atoms with E-state index >= 15 is 0 Å². The summed E-state index contributed by atoms with van der Waals surface area (Å²) in [6.45, 7) is 14.3. The molecular weight excluding hydrogens is 442 g/mol. The average Bonchev–Trinajstić information content (AvgIpc) is 2.77. The Labute approximate surface area is 206 Å². The molecule has 0 radical (unpaired) electrons. The Morgan fingerprint density at radius 2 is 1.47 bits per heavy atom. The molecule has 2 atom stereocenters. The van der Waals surface area contributed by atoms with Gasteiger partial charge >= 0.3 is 5.97 Å². The van der Waals surface area contributed by atoms with Crippen LogP contribution in [0.25, 0.3) is 0 Å². The lowest BCUT2D eigenvalue weighted by Gasteiger charge is -2.41. The molecule has 0 aliphatic rings. The summed E-state index contributed by atoms with van der Waals surface area (Å²) in [6.07, 6.45) is 1.24. The van der Waals surface area contributed by atoms with Crippen molar-refractivity contribution in [1.29, 1.82) is 0 Å². The molecule has 0 spiro atoms. The predicted octanol–water partition coefficient (Wildman–Crippen LogP) is 5.99. The molecule has 2 aromatic rings. The first-order valence-corrected chi connectivity index (χ1v) is 15.0. The van der Waals surface area contributed by atoms with Crippen molar-refractivity contribution < 1.29 is 18.8 Å². The fourth-order valence-corrected chi connectivity index (χ4v) is 4.68. The number of nitrogens with zero attached hydrogens (tertiary/aromatic N) is 1. The van der Waals surface area contributed by atoms with Gasteiger partial charge in [-0.15, -0.1) is 0 Å². The van der Waals surface area contributed by atoms with Crippen molar-refractivity contribution in [1.82, 2.24) is 4.90 Å². The van der Waals surface area contributed by atoms with Crippen LogP contribution in [-0.2, 0) is 31.8 Å². The highest BCUT2D eigenvalue weighted by atomic mass is 28.4. The van der Waals surface area contributed by atoms with Crippen LogP contribution in [0.5, 0.6) is 0 Å². The van der Waals surface area contributed by atoms with Gasteiger partial charge in [0.1, 0.15) is 12.4 Å². The molecule has 6 heteroatoms.